The Morgan fingerprint density at radius 1 is 1.09 bits per heavy atom. The molecular formula is C25H40BN2O5. The van der Waals surface area contributed by atoms with Crippen molar-refractivity contribution in [3.8, 4) is 0 Å². The van der Waals surface area contributed by atoms with Gasteiger partial charge in [-0.1, -0.05) is 29.7 Å². The number of benzene rings is 1. The second-order valence-corrected chi connectivity index (χ2v) is 10.8. The van der Waals surface area contributed by atoms with Crippen molar-refractivity contribution in [2.75, 3.05) is 13.1 Å². The Labute approximate surface area is 199 Å². The van der Waals surface area contributed by atoms with Gasteiger partial charge in [-0.05, 0) is 73.3 Å². The fourth-order valence-electron chi connectivity index (χ4n) is 3.37. The summed E-state index contributed by atoms with van der Waals surface area (Å²) in [4.78, 5) is 27.5. The molecule has 1 fully saturated rings. The molecule has 2 rings (SSSR count). The summed E-state index contributed by atoms with van der Waals surface area (Å²) in [5.41, 5.74) is -0.758. The van der Waals surface area contributed by atoms with Gasteiger partial charge in [-0.15, -0.1) is 0 Å². The van der Waals surface area contributed by atoms with Gasteiger partial charge in [-0.3, -0.25) is 4.79 Å². The Bertz CT molecular complexity index is 808. The number of rotatable bonds is 8. The largest absolute Gasteiger partial charge is 0.444 e. The molecule has 1 aliphatic heterocycles. The predicted molar refractivity (Wildman–Crippen MR) is 131 cm³/mol. The molecule has 2 N–H and O–H groups in total. The first kappa shape index (κ1) is 27.2. The van der Waals surface area contributed by atoms with Crippen molar-refractivity contribution in [1.82, 2.24) is 10.2 Å². The van der Waals surface area contributed by atoms with E-state index in [1.165, 1.54) is 0 Å². The minimum Gasteiger partial charge on any atom is -0.444 e. The normalized spacial score (nSPS) is 16.2. The molecule has 0 aromatic heterocycles. The molecule has 1 aliphatic rings. The molecule has 1 saturated heterocycles. The van der Waals surface area contributed by atoms with Crippen molar-refractivity contribution in [3.05, 3.63) is 29.8 Å². The van der Waals surface area contributed by atoms with Crippen LogP contribution in [0, 0.1) is 0 Å². The van der Waals surface area contributed by atoms with Gasteiger partial charge in [0.15, 0.2) is 0 Å². The minimum absolute atomic E-state index is 0.0886. The van der Waals surface area contributed by atoms with Gasteiger partial charge in [-0.2, -0.15) is 0 Å². The van der Waals surface area contributed by atoms with Crippen LogP contribution in [-0.4, -0.2) is 65.4 Å². The van der Waals surface area contributed by atoms with Crippen LogP contribution >= 0.6 is 0 Å². The highest BCUT2D eigenvalue weighted by atomic mass is 16.6. The van der Waals surface area contributed by atoms with Crippen LogP contribution in [0.25, 0.3) is 0 Å². The number of likely N-dealkylation sites (tertiary alicyclic amines) is 1. The molecule has 0 bridgehead atoms. The quantitative estimate of drug-likeness (QED) is 0.584. The average molecular weight is 459 g/mol. The lowest BCUT2D eigenvalue weighted by Crippen LogP contribution is -2.52. The van der Waals surface area contributed by atoms with Gasteiger partial charge in [0.2, 0.25) is 5.91 Å². The molecule has 0 unspecified atom stereocenters. The first-order valence-corrected chi connectivity index (χ1v) is 11.8. The zero-order valence-electron chi connectivity index (χ0n) is 21.2. The first-order chi connectivity index (χ1) is 15.2. The fraction of sp³-hybridized carbons (Fsp3) is 0.680. The van der Waals surface area contributed by atoms with Crippen molar-refractivity contribution < 1.29 is 24.1 Å². The van der Waals surface area contributed by atoms with Gasteiger partial charge in [0, 0.05) is 19.5 Å². The Morgan fingerprint density at radius 3 is 2.30 bits per heavy atom. The summed E-state index contributed by atoms with van der Waals surface area (Å²) in [7, 11) is 1.62. The van der Waals surface area contributed by atoms with Crippen LogP contribution in [0.4, 0.5) is 4.79 Å². The molecule has 1 atom stereocenters. The van der Waals surface area contributed by atoms with E-state index in [0.29, 0.717) is 19.5 Å². The summed E-state index contributed by atoms with van der Waals surface area (Å²) >= 11 is 0. The molecular weight excluding hydrogens is 419 g/mol. The van der Waals surface area contributed by atoms with Crippen LogP contribution in [0.15, 0.2) is 24.3 Å². The monoisotopic (exact) mass is 459 g/mol. The van der Waals surface area contributed by atoms with E-state index in [0.717, 1.165) is 30.3 Å². The molecule has 1 aromatic rings. The third kappa shape index (κ3) is 8.67. The zero-order chi connectivity index (χ0) is 24.9. The number of hydrogen-bond donors (Lipinski definition) is 2. The van der Waals surface area contributed by atoms with E-state index in [9.17, 15) is 14.7 Å². The number of piperidine rings is 1. The number of amides is 2. The molecule has 2 amide bonds. The van der Waals surface area contributed by atoms with Crippen LogP contribution in [-0.2, 0) is 20.6 Å². The van der Waals surface area contributed by atoms with E-state index >= 15 is 0 Å². The van der Waals surface area contributed by atoms with Gasteiger partial charge in [0.1, 0.15) is 11.6 Å². The van der Waals surface area contributed by atoms with Gasteiger partial charge >= 0.3 is 13.6 Å². The van der Waals surface area contributed by atoms with Crippen molar-refractivity contribution in [1.29, 1.82) is 0 Å². The standard InChI is InChI=1S/C25H40BN2O5/c1-23(2,3)32-22(30)27-20(21(29)28-14-9-8-10-15-28)17-18-12-11-13-19(16-18)26-33-25(6,7)24(4,5)31/h11-13,16,20,31H,8-10,14-15,17H2,1-7H3,(H,27,30)/t20-/m0/s1. The SMILES string of the molecule is CC(C)(C)OC(=O)N[C@@H](Cc1cccc([B]OC(C)(C)C(C)(C)O)c1)C(=O)N1CCCCC1. The Balaban J connectivity index is 2.15. The number of ether oxygens (including phenoxy) is 1. The van der Waals surface area contributed by atoms with Crippen LogP contribution in [0.1, 0.15) is 73.3 Å². The van der Waals surface area contributed by atoms with Crippen LogP contribution in [0.3, 0.4) is 0 Å². The van der Waals surface area contributed by atoms with E-state index in [4.69, 9.17) is 9.39 Å². The van der Waals surface area contributed by atoms with Gasteiger partial charge in [0.05, 0.1) is 11.2 Å². The van der Waals surface area contributed by atoms with Crippen molar-refractivity contribution in [3.63, 3.8) is 0 Å². The summed E-state index contributed by atoms with van der Waals surface area (Å²) in [6, 6.07) is 6.91. The molecule has 0 spiro atoms. The maximum Gasteiger partial charge on any atom is 0.408 e. The summed E-state index contributed by atoms with van der Waals surface area (Å²) in [6.07, 6.45) is 2.81. The molecule has 1 heterocycles. The topological polar surface area (TPSA) is 88.1 Å². The van der Waals surface area contributed by atoms with Crippen LogP contribution in [0.5, 0.6) is 0 Å². The maximum absolute atomic E-state index is 13.3. The molecule has 0 aliphatic carbocycles. The van der Waals surface area contributed by atoms with Crippen LogP contribution < -0.4 is 10.8 Å². The Hall–Kier alpha value is -2.06. The highest BCUT2D eigenvalue weighted by Gasteiger charge is 2.36. The van der Waals surface area contributed by atoms with Crippen molar-refractivity contribution in [2.24, 2.45) is 0 Å². The number of hydrogen-bond acceptors (Lipinski definition) is 5. The molecule has 7 nitrogen and oxygen atoms in total. The van der Waals surface area contributed by atoms with Gasteiger partial charge < -0.3 is 24.7 Å². The zero-order valence-corrected chi connectivity index (χ0v) is 21.2. The van der Waals surface area contributed by atoms with Crippen molar-refractivity contribution in [2.45, 2.75) is 97.0 Å². The molecule has 183 valence electrons. The summed E-state index contributed by atoms with van der Waals surface area (Å²) in [5.74, 6) is -0.0886. The second kappa shape index (κ2) is 10.9. The van der Waals surface area contributed by atoms with E-state index in [1.807, 2.05) is 43.0 Å². The molecule has 0 saturated carbocycles. The van der Waals surface area contributed by atoms with E-state index in [2.05, 4.69) is 5.32 Å². The molecule has 33 heavy (non-hydrogen) atoms. The lowest BCUT2D eigenvalue weighted by atomic mass is 9.82. The summed E-state index contributed by atoms with van der Waals surface area (Å²) in [5, 5.41) is 13.1. The number of nitrogens with zero attached hydrogens (tertiary/aromatic N) is 1. The van der Waals surface area contributed by atoms with E-state index in [-0.39, 0.29) is 5.91 Å². The molecule has 1 aromatic carbocycles. The third-order valence-electron chi connectivity index (χ3n) is 6.01. The van der Waals surface area contributed by atoms with E-state index < -0.39 is 28.9 Å². The first-order valence-electron chi connectivity index (χ1n) is 11.8. The summed E-state index contributed by atoms with van der Waals surface area (Å²) < 4.78 is 11.3. The number of alkyl carbamates (subject to hydrolysis) is 1. The maximum atomic E-state index is 13.3. The number of nitrogens with one attached hydrogen (secondary N) is 1. The van der Waals surface area contributed by atoms with Crippen molar-refractivity contribution >= 4 is 24.9 Å². The van der Waals surface area contributed by atoms with Gasteiger partial charge in [0.25, 0.3) is 0 Å². The number of carbonyl (C=O) groups is 2. The average Bonchev–Trinajstić information content (AvgIpc) is 2.70. The molecule has 1 radical (unpaired) electrons. The highest BCUT2D eigenvalue weighted by molar-refractivity contribution is 6.47. The van der Waals surface area contributed by atoms with Gasteiger partial charge in [-0.25, -0.2) is 4.79 Å². The summed E-state index contributed by atoms with van der Waals surface area (Å²) in [6.45, 7) is 13.9. The minimum atomic E-state index is -1.02. The lowest BCUT2D eigenvalue weighted by molar-refractivity contribution is -0.134. The number of aliphatic hydroxyl groups is 1. The van der Waals surface area contributed by atoms with Crippen LogP contribution in [0.2, 0.25) is 0 Å². The number of carbonyl (C=O) groups excluding carboxylic acids is 2. The smallest absolute Gasteiger partial charge is 0.408 e. The molecule has 8 heteroatoms. The fourth-order valence-corrected chi connectivity index (χ4v) is 3.37. The van der Waals surface area contributed by atoms with E-state index in [1.54, 1.807) is 42.1 Å². The highest BCUT2D eigenvalue weighted by Crippen LogP contribution is 2.24. The lowest BCUT2D eigenvalue weighted by Gasteiger charge is -2.37. The predicted octanol–water partition coefficient (Wildman–Crippen LogP) is 2.95. The Kier molecular flexibility index (Phi) is 8.99. The second-order valence-electron chi connectivity index (χ2n) is 10.8. The Morgan fingerprint density at radius 2 is 1.73 bits per heavy atom. The third-order valence-corrected chi connectivity index (χ3v) is 6.01.